The van der Waals surface area contributed by atoms with Crippen molar-refractivity contribution in [3.63, 3.8) is 0 Å². The average Bonchev–Trinajstić information content (AvgIpc) is 2.47. The van der Waals surface area contributed by atoms with Gasteiger partial charge in [-0.15, -0.1) is 24.0 Å². The molecule has 0 amide bonds. The molecule has 0 heterocycles. The molecule has 0 aromatic carbocycles. The minimum Gasteiger partial charge on any atom is -0.382 e. The smallest absolute Gasteiger partial charge is 0.191 e. The number of halogens is 1. The number of unbranched alkanes of at least 4 members (excludes halogenated alkanes) is 4. The van der Waals surface area contributed by atoms with Crippen LogP contribution < -0.4 is 10.6 Å². The Bertz CT molecular complexity index is 250. The third-order valence-corrected chi connectivity index (χ3v) is 3.39. The molecule has 1 unspecified atom stereocenters. The van der Waals surface area contributed by atoms with Crippen LogP contribution in [0.15, 0.2) is 4.99 Å². The molecule has 0 aromatic rings. The fraction of sp³-hybridized carbons (Fsp3) is 0.941. The van der Waals surface area contributed by atoms with Crippen molar-refractivity contribution in [2.24, 2.45) is 4.99 Å². The lowest BCUT2D eigenvalue weighted by molar-refractivity contribution is 0.144. The summed E-state index contributed by atoms with van der Waals surface area (Å²) in [5.74, 6) is 0.955. The summed E-state index contributed by atoms with van der Waals surface area (Å²) in [7, 11) is 0. The van der Waals surface area contributed by atoms with Crippen molar-refractivity contribution in [2.75, 3.05) is 26.3 Å². The Morgan fingerprint density at radius 1 is 1.05 bits per heavy atom. The van der Waals surface area contributed by atoms with Gasteiger partial charge in [0.15, 0.2) is 5.96 Å². The van der Waals surface area contributed by atoms with Crippen LogP contribution in [0, 0.1) is 0 Å². The average molecular weight is 427 g/mol. The van der Waals surface area contributed by atoms with E-state index in [1.165, 1.54) is 32.1 Å². The number of hydrogen-bond donors (Lipinski definition) is 2. The highest BCUT2D eigenvalue weighted by Gasteiger charge is 2.04. The minimum atomic E-state index is 0. The molecule has 134 valence electrons. The molecule has 0 fully saturated rings. The first kappa shape index (κ1) is 24.2. The summed E-state index contributed by atoms with van der Waals surface area (Å²) in [6.45, 7) is 12.1. The van der Waals surface area contributed by atoms with Gasteiger partial charge in [0.05, 0.1) is 0 Å². The van der Waals surface area contributed by atoms with Crippen LogP contribution in [0.25, 0.3) is 0 Å². The maximum Gasteiger partial charge on any atom is 0.191 e. The van der Waals surface area contributed by atoms with E-state index in [1.54, 1.807) is 0 Å². The van der Waals surface area contributed by atoms with Gasteiger partial charge in [0, 0.05) is 32.3 Å². The van der Waals surface area contributed by atoms with Gasteiger partial charge in [0.25, 0.3) is 0 Å². The molecule has 0 spiro atoms. The molecule has 4 nitrogen and oxygen atoms in total. The number of hydrogen-bond acceptors (Lipinski definition) is 2. The van der Waals surface area contributed by atoms with Crippen LogP contribution in [0.5, 0.6) is 0 Å². The van der Waals surface area contributed by atoms with Crippen molar-refractivity contribution >= 4 is 29.9 Å². The van der Waals surface area contributed by atoms with Crippen molar-refractivity contribution in [3.8, 4) is 0 Å². The van der Waals surface area contributed by atoms with Crippen molar-refractivity contribution in [3.05, 3.63) is 0 Å². The highest BCUT2D eigenvalue weighted by molar-refractivity contribution is 14.0. The molecule has 0 aliphatic carbocycles. The maximum atomic E-state index is 5.34. The van der Waals surface area contributed by atoms with Crippen molar-refractivity contribution in [2.45, 2.75) is 78.7 Å². The third-order valence-electron chi connectivity index (χ3n) is 3.39. The van der Waals surface area contributed by atoms with Gasteiger partial charge >= 0.3 is 0 Å². The van der Waals surface area contributed by atoms with E-state index < -0.39 is 0 Å². The van der Waals surface area contributed by atoms with Crippen LogP contribution in [0.3, 0.4) is 0 Å². The quantitative estimate of drug-likeness (QED) is 0.199. The van der Waals surface area contributed by atoms with E-state index in [2.05, 4.69) is 36.4 Å². The van der Waals surface area contributed by atoms with E-state index in [1.807, 2.05) is 6.92 Å². The summed E-state index contributed by atoms with van der Waals surface area (Å²) in [6, 6.07) is 0.489. The second kappa shape index (κ2) is 19.0. The fourth-order valence-electron chi connectivity index (χ4n) is 2.15. The minimum absolute atomic E-state index is 0. The van der Waals surface area contributed by atoms with E-state index in [0.717, 1.165) is 45.1 Å². The summed E-state index contributed by atoms with van der Waals surface area (Å²) >= 11 is 0. The molecule has 5 heteroatoms. The molecule has 0 aliphatic rings. The van der Waals surface area contributed by atoms with E-state index in [-0.39, 0.29) is 24.0 Å². The topological polar surface area (TPSA) is 45.7 Å². The van der Waals surface area contributed by atoms with Crippen LogP contribution in [0.2, 0.25) is 0 Å². The second-order valence-corrected chi connectivity index (χ2v) is 5.56. The molecule has 2 N–H and O–H groups in total. The van der Waals surface area contributed by atoms with Gasteiger partial charge in [0.2, 0.25) is 0 Å². The van der Waals surface area contributed by atoms with E-state index in [4.69, 9.17) is 4.74 Å². The molecule has 0 rings (SSSR count). The van der Waals surface area contributed by atoms with E-state index >= 15 is 0 Å². The fourth-order valence-corrected chi connectivity index (χ4v) is 2.15. The first-order valence-electron chi connectivity index (χ1n) is 8.87. The van der Waals surface area contributed by atoms with Crippen LogP contribution in [0.1, 0.15) is 72.6 Å². The highest BCUT2D eigenvalue weighted by Crippen LogP contribution is 2.05. The molecule has 0 radical (unpaired) electrons. The summed E-state index contributed by atoms with van der Waals surface area (Å²) < 4.78 is 5.34. The van der Waals surface area contributed by atoms with Crippen molar-refractivity contribution in [1.82, 2.24) is 10.6 Å². The Morgan fingerprint density at radius 2 is 1.82 bits per heavy atom. The molecular weight excluding hydrogens is 389 g/mol. The number of nitrogens with zero attached hydrogens (tertiary/aromatic N) is 1. The number of guanidine groups is 1. The zero-order valence-corrected chi connectivity index (χ0v) is 17.4. The zero-order valence-electron chi connectivity index (χ0n) is 15.1. The van der Waals surface area contributed by atoms with E-state index in [0.29, 0.717) is 6.04 Å². The Labute approximate surface area is 155 Å². The van der Waals surface area contributed by atoms with Crippen LogP contribution in [0.4, 0.5) is 0 Å². The zero-order chi connectivity index (χ0) is 15.8. The standard InChI is InChI=1S/C17H37N3O.HI/c1-5-8-9-10-13-16(4)20-17(18-6-2)19-14-11-12-15-21-7-3;/h16H,5-15H2,1-4H3,(H2,18,19,20);1H. The normalized spacial score (nSPS) is 12.6. The molecule has 0 aromatic heterocycles. The predicted molar refractivity (Wildman–Crippen MR) is 108 cm³/mol. The van der Waals surface area contributed by atoms with Gasteiger partial charge in [-0.2, -0.15) is 0 Å². The highest BCUT2D eigenvalue weighted by atomic mass is 127. The first-order valence-corrected chi connectivity index (χ1v) is 8.87. The summed E-state index contributed by atoms with van der Waals surface area (Å²) in [5.41, 5.74) is 0. The Balaban J connectivity index is 0. The summed E-state index contributed by atoms with van der Waals surface area (Å²) in [5, 5.41) is 6.83. The maximum absolute atomic E-state index is 5.34. The number of rotatable bonds is 13. The van der Waals surface area contributed by atoms with Gasteiger partial charge in [0.1, 0.15) is 0 Å². The number of aliphatic imine (C=N–C) groups is 1. The Hall–Kier alpha value is -0.0400. The van der Waals surface area contributed by atoms with Gasteiger partial charge in [-0.3, -0.25) is 4.99 Å². The van der Waals surface area contributed by atoms with Gasteiger partial charge in [-0.25, -0.2) is 0 Å². The lowest BCUT2D eigenvalue weighted by Crippen LogP contribution is -2.42. The predicted octanol–water partition coefficient (Wildman–Crippen LogP) is 4.34. The molecular formula is C17H38IN3O. The largest absolute Gasteiger partial charge is 0.382 e. The molecule has 0 aliphatic heterocycles. The molecule has 0 saturated heterocycles. The Kier molecular flexibility index (Phi) is 20.9. The van der Waals surface area contributed by atoms with Crippen LogP contribution in [-0.4, -0.2) is 38.3 Å². The van der Waals surface area contributed by atoms with Gasteiger partial charge in [-0.05, 0) is 40.0 Å². The molecule has 1 atom stereocenters. The van der Waals surface area contributed by atoms with Crippen LogP contribution >= 0.6 is 24.0 Å². The lowest BCUT2D eigenvalue weighted by atomic mass is 10.1. The number of nitrogens with one attached hydrogen (secondary N) is 2. The van der Waals surface area contributed by atoms with E-state index in [9.17, 15) is 0 Å². The SMILES string of the molecule is CCCCCCC(C)NC(=NCCCCOCC)NCC.I. The second-order valence-electron chi connectivity index (χ2n) is 5.56. The lowest BCUT2D eigenvalue weighted by Gasteiger charge is -2.17. The van der Waals surface area contributed by atoms with Gasteiger partial charge < -0.3 is 15.4 Å². The summed E-state index contributed by atoms with van der Waals surface area (Å²) in [4.78, 5) is 4.63. The third kappa shape index (κ3) is 16.3. The van der Waals surface area contributed by atoms with Crippen molar-refractivity contribution < 1.29 is 4.74 Å². The van der Waals surface area contributed by atoms with Crippen molar-refractivity contribution in [1.29, 1.82) is 0 Å². The first-order chi connectivity index (χ1) is 10.2. The Morgan fingerprint density at radius 3 is 2.45 bits per heavy atom. The summed E-state index contributed by atoms with van der Waals surface area (Å²) in [6.07, 6.45) is 8.68. The van der Waals surface area contributed by atoms with Crippen LogP contribution in [-0.2, 0) is 4.74 Å². The molecule has 0 saturated carbocycles. The van der Waals surface area contributed by atoms with Gasteiger partial charge in [-0.1, -0.05) is 32.6 Å². The number of ether oxygens (including phenoxy) is 1. The monoisotopic (exact) mass is 427 g/mol. The molecule has 0 bridgehead atoms. The molecule has 22 heavy (non-hydrogen) atoms.